The molecule has 9 nitrogen and oxygen atoms in total. The molecule has 3 rings (SSSR count). The second-order valence-corrected chi connectivity index (χ2v) is 10.5. The molecule has 0 fully saturated rings. The van der Waals surface area contributed by atoms with Crippen LogP contribution in [0.1, 0.15) is 31.9 Å². The van der Waals surface area contributed by atoms with Crippen LogP contribution in [0.3, 0.4) is 0 Å². The molecule has 0 aromatic heterocycles. The molecular weight excluding hydrogens is 422 g/mol. The number of aryl methyl sites for hydroxylation is 1. The number of nitro benzene ring substituents is 1. The van der Waals surface area contributed by atoms with E-state index >= 15 is 0 Å². The van der Waals surface area contributed by atoms with Crippen LogP contribution in [0.2, 0.25) is 0 Å². The highest BCUT2D eigenvalue weighted by Crippen LogP contribution is 2.38. The SMILES string of the molecule is Cc1ccc([N+](=O)[O-])cc1NC(=O)[C@@H]1CN(S(C)(=O)=O)c2cc(C(C)(C)C)ccc2O1. The molecule has 0 aliphatic carbocycles. The number of nitro groups is 1. The Labute approximate surface area is 181 Å². The fourth-order valence-corrected chi connectivity index (χ4v) is 4.15. The predicted octanol–water partition coefficient (Wildman–Crippen LogP) is 3.37. The average Bonchev–Trinajstić information content (AvgIpc) is 2.66. The van der Waals surface area contributed by atoms with Crippen LogP contribution in [0.4, 0.5) is 17.1 Å². The fraction of sp³-hybridized carbons (Fsp3) is 0.381. The van der Waals surface area contributed by atoms with Crippen molar-refractivity contribution in [3.63, 3.8) is 0 Å². The van der Waals surface area contributed by atoms with Crippen molar-refractivity contribution in [3.05, 3.63) is 57.6 Å². The molecule has 31 heavy (non-hydrogen) atoms. The van der Waals surface area contributed by atoms with Crippen molar-refractivity contribution in [2.75, 3.05) is 22.4 Å². The van der Waals surface area contributed by atoms with E-state index in [0.29, 0.717) is 11.3 Å². The van der Waals surface area contributed by atoms with Crippen molar-refractivity contribution in [2.45, 2.75) is 39.2 Å². The standard InChI is InChI=1S/C21H25N3O6S/c1-13-6-8-15(24(26)27)11-16(13)22-20(25)19-12-23(31(5,28)29)17-10-14(21(2,3)4)7-9-18(17)30-19/h6-11,19H,12H2,1-5H3,(H,22,25)/t19-/m0/s1. The zero-order valence-corrected chi connectivity index (χ0v) is 18.8. The Hall–Kier alpha value is -3.14. The van der Waals surface area contributed by atoms with Crippen LogP contribution in [0.25, 0.3) is 0 Å². The van der Waals surface area contributed by atoms with Crippen LogP contribution < -0.4 is 14.4 Å². The molecule has 0 saturated heterocycles. The number of carbonyl (C=O) groups excluding carboxylic acids is 1. The van der Waals surface area contributed by atoms with E-state index in [4.69, 9.17) is 4.74 Å². The number of nitrogens with zero attached hydrogens (tertiary/aromatic N) is 2. The number of ether oxygens (including phenoxy) is 1. The molecule has 166 valence electrons. The van der Waals surface area contributed by atoms with Crippen molar-refractivity contribution in [1.82, 2.24) is 0 Å². The summed E-state index contributed by atoms with van der Waals surface area (Å²) in [4.78, 5) is 23.4. The first-order chi connectivity index (χ1) is 14.3. The van der Waals surface area contributed by atoms with E-state index in [-0.39, 0.29) is 29.1 Å². The molecule has 1 aliphatic rings. The van der Waals surface area contributed by atoms with E-state index in [1.165, 1.54) is 18.2 Å². The number of sulfonamides is 1. The van der Waals surface area contributed by atoms with E-state index in [2.05, 4.69) is 5.32 Å². The molecule has 10 heteroatoms. The first-order valence-corrected chi connectivity index (χ1v) is 11.5. The van der Waals surface area contributed by atoms with Crippen molar-refractivity contribution >= 4 is 33.0 Å². The Morgan fingerprint density at radius 1 is 1.23 bits per heavy atom. The topological polar surface area (TPSA) is 119 Å². The minimum atomic E-state index is -3.68. The number of nitrogens with one attached hydrogen (secondary N) is 1. The molecule has 0 spiro atoms. The van der Waals surface area contributed by atoms with Gasteiger partial charge in [0, 0.05) is 12.1 Å². The van der Waals surface area contributed by atoms with E-state index < -0.39 is 27.0 Å². The maximum atomic E-state index is 12.9. The summed E-state index contributed by atoms with van der Waals surface area (Å²) in [5, 5.41) is 13.7. The fourth-order valence-electron chi connectivity index (χ4n) is 3.24. The molecule has 1 heterocycles. The lowest BCUT2D eigenvalue weighted by Gasteiger charge is -2.35. The van der Waals surface area contributed by atoms with Crippen LogP contribution in [-0.4, -0.2) is 38.2 Å². The summed E-state index contributed by atoms with van der Waals surface area (Å²) in [5.41, 5.74) is 1.84. The van der Waals surface area contributed by atoms with Crippen LogP contribution in [-0.2, 0) is 20.2 Å². The van der Waals surface area contributed by atoms with Gasteiger partial charge in [0.1, 0.15) is 5.75 Å². The van der Waals surface area contributed by atoms with Gasteiger partial charge < -0.3 is 10.1 Å². The molecule has 0 radical (unpaired) electrons. The van der Waals surface area contributed by atoms with Crippen molar-refractivity contribution in [2.24, 2.45) is 0 Å². The van der Waals surface area contributed by atoms with Crippen LogP contribution >= 0.6 is 0 Å². The number of benzene rings is 2. The maximum Gasteiger partial charge on any atom is 0.271 e. The highest BCUT2D eigenvalue weighted by Gasteiger charge is 2.36. The Morgan fingerprint density at radius 2 is 1.90 bits per heavy atom. The largest absolute Gasteiger partial charge is 0.476 e. The van der Waals surface area contributed by atoms with Gasteiger partial charge in [-0.3, -0.25) is 19.2 Å². The highest BCUT2D eigenvalue weighted by atomic mass is 32.2. The maximum absolute atomic E-state index is 12.9. The van der Waals surface area contributed by atoms with E-state index in [9.17, 15) is 23.3 Å². The van der Waals surface area contributed by atoms with Gasteiger partial charge >= 0.3 is 0 Å². The molecule has 2 aromatic rings. The van der Waals surface area contributed by atoms with Crippen molar-refractivity contribution in [3.8, 4) is 5.75 Å². The number of non-ortho nitro benzene ring substituents is 1. The van der Waals surface area contributed by atoms with Gasteiger partial charge in [-0.05, 0) is 35.6 Å². The zero-order valence-electron chi connectivity index (χ0n) is 18.0. The number of fused-ring (bicyclic) bond motifs is 1. The average molecular weight is 448 g/mol. The van der Waals surface area contributed by atoms with Gasteiger partial charge in [-0.1, -0.05) is 32.9 Å². The number of hydrogen-bond donors (Lipinski definition) is 1. The molecule has 1 aliphatic heterocycles. The molecule has 1 atom stereocenters. The monoisotopic (exact) mass is 447 g/mol. The van der Waals surface area contributed by atoms with Gasteiger partial charge in [0.2, 0.25) is 10.0 Å². The lowest BCUT2D eigenvalue weighted by Crippen LogP contribution is -2.48. The van der Waals surface area contributed by atoms with Crippen LogP contribution in [0.15, 0.2) is 36.4 Å². The molecular formula is C21H25N3O6S. The Bertz CT molecular complexity index is 1150. The lowest BCUT2D eigenvalue weighted by atomic mass is 9.86. The third-order valence-electron chi connectivity index (χ3n) is 5.08. The van der Waals surface area contributed by atoms with Gasteiger partial charge in [-0.2, -0.15) is 0 Å². The van der Waals surface area contributed by atoms with E-state index in [1.54, 1.807) is 19.1 Å². The number of rotatable bonds is 4. The third kappa shape index (κ3) is 4.79. The van der Waals surface area contributed by atoms with Gasteiger partial charge in [0.05, 0.1) is 29.1 Å². The summed E-state index contributed by atoms with van der Waals surface area (Å²) in [5.74, 6) is -0.316. The van der Waals surface area contributed by atoms with Crippen LogP contribution in [0.5, 0.6) is 5.75 Å². The minimum Gasteiger partial charge on any atom is -0.476 e. The van der Waals surface area contributed by atoms with Gasteiger partial charge in [-0.15, -0.1) is 0 Å². The lowest BCUT2D eigenvalue weighted by molar-refractivity contribution is -0.384. The summed E-state index contributed by atoms with van der Waals surface area (Å²) in [6.45, 7) is 7.54. The van der Waals surface area contributed by atoms with E-state index in [0.717, 1.165) is 16.1 Å². The first kappa shape index (κ1) is 22.5. The number of anilines is 2. The van der Waals surface area contributed by atoms with Crippen molar-refractivity contribution in [1.29, 1.82) is 0 Å². The van der Waals surface area contributed by atoms with Gasteiger partial charge in [-0.25, -0.2) is 8.42 Å². The number of hydrogen-bond acceptors (Lipinski definition) is 6. The summed E-state index contributed by atoms with van der Waals surface area (Å²) < 4.78 is 31.9. The molecule has 2 aromatic carbocycles. The summed E-state index contributed by atoms with van der Waals surface area (Å²) in [6.07, 6.45) is -0.0488. The summed E-state index contributed by atoms with van der Waals surface area (Å²) >= 11 is 0. The van der Waals surface area contributed by atoms with Gasteiger partial charge in [0.15, 0.2) is 6.10 Å². The second-order valence-electron chi connectivity index (χ2n) is 8.58. The molecule has 1 amide bonds. The van der Waals surface area contributed by atoms with E-state index in [1.807, 2.05) is 26.8 Å². The number of carbonyl (C=O) groups is 1. The quantitative estimate of drug-likeness (QED) is 0.567. The predicted molar refractivity (Wildman–Crippen MR) is 118 cm³/mol. The Balaban J connectivity index is 1.94. The molecule has 0 bridgehead atoms. The molecule has 1 N–H and O–H groups in total. The number of amides is 1. The smallest absolute Gasteiger partial charge is 0.271 e. The van der Waals surface area contributed by atoms with Crippen LogP contribution in [0, 0.1) is 17.0 Å². The first-order valence-electron chi connectivity index (χ1n) is 9.62. The normalized spacial score (nSPS) is 16.3. The highest BCUT2D eigenvalue weighted by molar-refractivity contribution is 7.92. The third-order valence-corrected chi connectivity index (χ3v) is 6.22. The summed E-state index contributed by atoms with van der Waals surface area (Å²) in [7, 11) is -3.68. The minimum absolute atomic E-state index is 0.164. The van der Waals surface area contributed by atoms with Crippen molar-refractivity contribution < 1.29 is 22.9 Å². The zero-order chi connectivity index (χ0) is 23.1. The Morgan fingerprint density at radius 3 is 2.48 bits per heavy atom. The molecule has 0 saturated carbocycles. The molecule has 0 unspecified atom stereocenters. The summed E-state index contributed by atoms with van der Waals surface area (Å²) in [6, 6.07) is 9.39. The second kappa shape index (κ2) is 7.84. The Kier molecular flexibility index (Phi) is 5.70. The van der Waals surface area contributed by atoms with Gasteiger partial charge in [0.25, 0.3) is 11.6 Å².